The van der Waals surface area contributed by atoms with Gasteiger partial charge in [-0.25, -0.2) is 0 Å². The number of nitrogens with one attached hydrogen (secondary N) is 1. The van der Waals surface area contributed by atoms with Gasteiger partial charge in [-0.2, -0.15) is 0 Å². The van der Waals surface area contributed by atoms with Gasteiger partial charge in [0.25, 0.3) is 5.69 Å². The van der Waals surface area contributed by atoms with E-state index < -0.39 is 0 Å². The Morgan fingerprint density at radius 1 is 1.15 bits per heavy atom. The van der Waals surface area contributed by atoms with Crippen LogP contribution in [0.2, 0.25) is 0 Å². The molecular weight excluding hydrogens is 252 g/mol. The minimum absolute atomic E-state index is 0.153. The number of anilines is 1. The molecule has 0 amide bonds. The lowest BCUT2D eigenvalue weighted by Crippen LogP contribution is -2.03. The van der Waals surface area contributed by atoms with Crippen molar-refractivity contribution in [3.05, 3.63) is 69.8 Å². The van der Waals surface area contributed by atoms with E-state index >= 15 is 0 Å². The van der Waals surface area contributed by atoms with Gasteiger partial charge in [0.15, 0.2) is 0 Å². The fraction of sp³-hybridized carbons (Fsp3) is 0.250. The van der Waals surface area contributed by atoms with Gasteiger partial charge >= 0.3 is 0 Å². The SMILES string of the molecule is CC(C)c1cccc(NCc2ccccc2[N+](=O)[O-])c1. The summed E-state index contributed by atoms with van der Waals surface area (Å²) in [6, 6.07) is 14.9. The zero-order valence-corrected chi connectivity index (χ0v) is 11.7. The third-order valence-corrected chi connectivity index (χ3v) is 3.22. The van der Waals surface area contributed by atoms with E-state index in [0.29, 0.717) is 18.0 Å². The summed E-state index contributed by atoms with van der Waals surface area (Å²) in [6.07, 6.45) is 0. The molecule has 2 rings (SSSR count). The monoisotopic (exact) mass is 270 g/mol. The topological polar surface area (TPSA) is 55.2 Å². The van der Waals surface area contributed by atoms with Crippen LogP contribution >= 0.6 is 0 Å². The van der Waals surface area contributed by atoms with Crippen molar-refractivity contribution in [1.82, 2.24) is 0 Å². The highest BCUT2D eigenvalue weighted by Crippen LogP contribution is 2.21. The summed E-state index contributed by atoms with van der Waals surface area (Å²) in [5.41, 5.74) is 3.07. The number of rotatable bonds is 5. The summed E-state index contributed by atoms with van der Waals surface area (Å²) in [6.45, 7) is 4.72. The summed E-state index contributed by atoms with van der Waals surface area (Å²) in [7, 11) is 0. The minimum Gasteiger partial charge on any atom is -0.381 e. The molecule has 0 aliphatic heterocycles. The first kappa shape index (κ1) is 14.1. The van der Waals surface area contributed by atoms with Gasteiger partial charge in [-0.3, -0.25) is 10.1 Å². The fourth-order valence-electron chi connectivity index (χ4n) is 2.04. The molecule has 0 bridgehead atoms. The molecule has 0 saturated carbocycles. The van der Waals surface area contributed by atoms with Crippen molar-refractivity contribution < 1.29 is 4.92 Å². The minimum atomic E-state index is -0.346. The summed E-state index contributed by atoms with van der Waals surface area (Å²) in [4.78, 5) is 10.6. The Labute approximate surface area is 118 Å². The first-order valence-corrected chi connectivity index (χ1v) is 6.64. The van der Waals surface area contributed by atoms with Gasteiger partial charge in [-0.1, -0.05) is 44.2 Å². The Morgan fingerprint density at radius 3 is 2.60 bits per heavy atom. The van der Waals surface area contributed by atoms with E-state index in [0.717, 1.165) is 5.69 Å². The number of nitro groups is 1. The van der Waals surface area contributed by atoms with Gasteiger partial charge in [-0.15, -0.1) is 0 Å². The van der Waals surface area contributed by atoms with E-state index in [1.54, 1.807) is 12.1 Å². The smallest absolute Gasteiger partial charge is 0.274 e. The molecule has 2 aromatic rings. The lowest BCUT2D eigenvalue weighted by Gasteiger charge is -2.10. The van der Waals surface area contributed by atoms with Crippen molar-refractivity contribution in [3.8, 4) is 0 Å². The first-order valence-electron chi connectivity index (χ1n) is 6.64. The molecule has 20 heavy (non-hydrogen) atoms. The third-order valence-electron chi connectivity index (χ3n) is 3.22. The van der Waals surface area contributed by atoms with Crippen LogP contribution in [0.15, 0.2) is 48.5 Å². The van der Waals surface area contributed by atoms with E-state index in [-0.39, 0.29) is 10.6 Å². The van der Waals surface area contributed by atoms with Crippen molar-refractivity contribution in [2.24, 2.45) is 0 Å². The predicted octanol–water partition coefficient (Wildman–Crippen LogP) is 4.33. The second-order valence-corrected chi connectivity index (χ2v) is 5.02. The zero-order chi connectivity index (χ0) is 14.5. The van der Waals surface area contributed by atoms with Gasteiger partial charge in [0.05, 0.1) is 4.92 Å². The van der Waals surface area contributed by atoms with Crippen molar-refractivity contribution in [1.29, 1.82) is 0 Å². The Morgan fingerprint density at radius 2 is 1.90 bits per heavy atom. The lowest BCUT2D eigenvalue weighted by molar-refractivity contribution is -0.385. The number of nitro benzene ring substituents is 1. The first-order chi connectivity index (χ1) is 9.58. The molecule has 4 heteroatoms. The van der Waals surface area contributed by atoms with Crippen molar-refractivity contribution in [3.63, 3.8) is 0 Å². The second-order valence-electron chi connectivity index (χ2n) is 5.02. The molecule has 0 atom stereocenters. The molecule has 0 aromatic heterocycles. The molecule has 0 saturated heterocycles. The van der Waals surface area contributed by atoms with E-state index in [1.807, 2.05) is 18.2 Å². The molecule has 104 valence electrons. The number of nitrogens with zero attached hydrogens (tertiary/aromatic N) is 1. The van der Waals surface area contributed by atoms with Crippen LogP contribution in [0.1, 0.15) is 30.9 Å². The van der Waals surface area contributed by atoms with Crippen LogP contribution in [0.25, 0.3) is 0 Å². The predicted molar refractivity (Wildman–Crippen MR) is 81.0 cm³/mol. The van der Waals surface area contributed by atoms with Crippen LogP contribution in [0.3, 0.4) is 0 Å². The summed E-state index contributed by atoms with van der Waals surface area (Å²) in [5.74, 6) is 0.461. The number of hydrogen-bond acceptors (Lipinski definition) is 3. The molecule has 0 fully saturated rings. The van der Waals surface area contributed by atoms with Gasteiger partial charge in [-0.05, 0) is 23.6 Å². The van der Waals surface area contributed by atoms with Gasteiger partial charge in [0, 0.05) is 23.9 Å². The van der Waals surface area contributed by atoms with E-state index in [2.05, 4.69) is 31.3 Å². The Balaban J connectivity index is 2.13. The molecule has 0 aliphatic rings. The zero-order valence-electron chi connectivity index (χ0n) is 11.7. The maximum absolute atomic E-state index is 11.0. The summed E-state index contributed by atoms with van der Waals surface area (Å²) < 4.78 is 0. The summed E-state index contributed by atoms with van der Waals surface area (Å²) in [5, 5.41) is 14.2. The van der Waals surface area contributed by atoms with Gasteiger partial charge in [0.1, 0.15) is 0 Å². The Kier molecular flexibility index (Phi) is 4.35. The summed E-state index contributed by atoms with van der Waals surface area (Å²) >= 11 is 0. The van der Waals surface area contributed by atoms with Gasteiger partial charge < -0.3 is 5.32 Å². The molecule has 0 heterocycles. The van der Waals surface area contributed by atoms with Crippen LogP contribution < -0.4 is 5.32 Å². The van der Waals surface area contributed by atoms with E-state index in [1.165, 1.54) is 11.6 Å². The van der Waals surface area contributed by atoms with Crippen molar-refractivity contribution >= 4 is 11.4 Å². The molecule has 0 unspecified atom stereocenters. The third kappa shape index (κ3) is 3.35. The number of benzene rings is 2. The lowest BCUT2D eigenvalue weighted by atomic mass is 10.0. The van der Waals surface area contributed by atoms with Crippen LogP contribution in [-0.2, 0) is 6.54 Å². The van der Waals surface area contributed by atoms with Crippen LogP contribution in [0.5, 0.6) is 0 Å². The van der Waals surface area contributed by atoms with Crippen LogP contribution in [0, 0.1) is 10.1 Å². The quantitative estimate of drug-likeness (QED) is 0.650. The molecule has 2 aromatic carbocycles. The Bertz CT molecular complexity index is 609. The van der Waals surface area contributed by atoms with Crippen LogP contribution in [0.4, 0.5) is 11.4 Å². The fourth-order valence-corrected chi connectivity index (χ4v) is 2.04. The highest BCUT2D eigenvalue weighted by molar-refractivity contribution is 5.49. The maximum atomic E-state index is 11.0. The molecule has 0 aliphatic carbocycles. The molecule has 4 nitrogen and oxygen atoms in total. The average Bonchev–Trinajstić information content (AvgIpc) is 2.45. The van der Waals surface area contributed by atoms with Gasteiger partial charge in [0.2, 0.25) is 0 Å². The molecular formula is C16H18N2O2. The van der Waals surface area contributed by atoms with Crippen molar-refractivity contribution in [2.45, 2.75) is 26.3 Å². The number of hydrogen-bond donors (Lipinski definition) is 1. The van der Waals surface area contributed by atoms with E-state index in [9.17, 15) is 10.1 Å². The number of para-hydroxylation sites is 1. The largest absolute Gasteiger partial charge is 0.381 e. The second kappa shape index (κ2) is 6.19. The molecule has 1 N–H and O–H groups in total. The standard InChI is InChI=1S/C16H18N2O2/c1-12(2)13-7-5-8-15(10-13)17-11-14-6-3-4-9-16(14)18(19)20/h3-10,12,17H,11H2,1-2H3. The highest BCUT2D eigenvalue weighted by atomic mass is 16.6. The molecule has 0 spiro atoms. The Hall–Kier alpha value is -2.36. The molecule has 0 radical (unpaired) electrons. The maximum Gasteiger partial charge on any atom is 0.274 e. The highest BCUT2D eigenvalue weighted by Gasteiger charge is 2.11. The average molecular weight is 270 g/mol. The van der Waals surface area contributed by atoms with Crippen molar-refractivity contribution in [2.75, 3.05) is 5.32 Å². The normalized spacial score (nSPS) is 10.6. The van der Waals surface area contributed by atoms with Crippen LogP contribution in [-0.4, -0.2) is 4.92 Å². The van der Waals surface area contributed by atoms with E-state index in [4.69, 9.17) is 0 Å².